The third kappa shape index (κ3) is 2.81. The Morgan fingerprint density at radius 1 is 1.50 bits per heavy atom. The first kappa shape index (κ1) is 14.5. The Kier molecular flexibility index (Phi) is 3.79. The van der Waals surface area contributed by atoms with Crippen molar-refractivity contribution in [3.8, 4) is 6.07 Å². The maximum absolute atomic E-state index is 12.5. The predicted molar refractivity (Wildman–Crippen MR) is 70.4 cm³/mol. The van der Waals surface area contributed by atoms with Gasteiger partial charge in [0.1, 0.15) is 6.54 Å². The zero-order valence-electron chi connectivity index (χ0n) is 10.9. The van der Waals surface area contributed by atoms with Crippen molar-refractivity contribution in [1.29, 1.82) is 5.26 Å². The summed E-state index contributed by atoms with van der Waals surface area (Å²) in [5.41, 5.74) is 0.958. The number of aliphatic carboxylic acids is 1. The van der Waals surface area contributed by atoms with Crippen LogP contribution in [0.2, 0.25) is 0 Å². The van der Waals surface area contributed by atoms with Gasteiger partial charge >= 0.3 is 5.97 Å². The van der Waals surface area contributed by atoms with Gasteiger partial charge < -0.3 is 5.11 Å². The van der Waals surface area contributed by atoms with E-state index in [2.05, 4.69) is 0 Å². The minimum Gasteiger partial charge on any atom is -0.480 e. The van der Waals surface area contributed by atoms with Crippen molar-refractivity contribution < 1.29 is 18.3 Å². The summed E-state index contributed by atoms with van der Waals surface area (Å²) in [6.07, 6.45) is 1.36. The molecule has 20 heavy (non-hydrogen) atoms. The van der Waals surface area contributed by atoms with E-state index in [1.807, 2.05) is 6.07 Å². The van der Waals surface area contributed by atoms with Gasteiger partial charge in [-0.1, -0.05) is 0 Å². The largest absolute Gasteiger partial charge is 0.480 e. The van der Waals surface area contributed by atoms with E-state index in [1.54, 1.807) is 6.92 Å². The van der Waals surface area contributed by atoms with Crippen LogP contribution in [0.15, 0.2) is 23.1 Å². The van der Waals surface area contributed by atoms with E-state index in [-0.39, 0.29) is 10.9 Å². The third-order valence-corrected chi connectivity index (χ3v) is 5.06. The van der Waals surface area contributed by atoms with Gasteiger partial charge in [0, 0.05) is 6.04 Å². The highest BCUT2D eigenvalue weighted by molar-refractivity contribution is 7.89. The van der Waals surface area contributed by atoms with E-state index in [0.717, 1.165) is 4.31 Å². The first-order valence-corrected chi connectivity index (χ1v) is 7.54. The molecule has 7 heteroatoms. The molecule has 1 fully saturated rings. The average Bonchev–Trinajstić information content (AvgIpc) is 3.19. The topological polar surface area (TPSA) is 98.5 Å². The van der Waals surface area contributed by atoms with Crippen LogP contribution in [0.1, 0.15) is 24.0 Å². The summed E-state index contributed by atoms with van der Waals surface area (Å²) in [5, 5.41) is 17.7. The minimum absolute atomic E-state index is 0.0298. The molecule has 1 aliphatic carbocycles. The summed E-state index contributed by atoms with van der Waals surface area (Å²) in [4.78, 5) is 10.9. The number of carboxylic acid groups (broad SMARTS) is 1. The second-order valence-electron chi connectivity index (χ2n) is 4.76. The maximum atomic E-state index is 12.5. The van der Waals surface area contributed by atoms with E-state index in [9.17, 15) is 13.2 Å². The highest BCUT2D eigenvalue weighted by atomic mass is 32.2. The molecule has 0 aliphatic heterocycles. The quantitative estimate of drug-likeness (QED) is 0.877. The average molecular weight is 294 g/mol. The number of benzene rings is 1. The first-order chi connectivity index (χ1) is 9.36. The second kappa shape index (κ2) is 5.23. The van der Waals surface area contributed by atoms with Crippen LogP contribution in [-0.4, -0.2) is 36.4 Å². The molecule has 0 atom stereocenters. The molecule has 1 N–H and O–H groups in total. The fraction of sp³-hybridized carbons (Fsp3) is 0.385. The lowest BCUT2D eigenvalue weighted by molar-refractivity contribution is -0.137. The molecule has 0 aromatic heterocycles. The van der Waals surface area contributed by atoms with Crippen molar-refractivity contribution in [3.63, 3.8) is 0 Å². The fourth-order valence-corrected chi connectivity index (χ4v) is 3.68. The van der Waals surface area contributed by atoms with Crippen LogP contribution in [0.3, 0.4) is 0 Å². The summed E-state index contributed by atoms with van der Waals surface area (Å²) >= 11 is 0. The number of carbonyl (C=O) groups is 1. The highest BCUT2D eigenvalue weighted by Crippen LogP contribution is 2.32. The van der Waals surface area contributed by atoms with Crippen LogP contribution >= 0.6 is 0 Å². The third-order valence-electron chi connectivity index (χ3n) is 3.17. The molecule has 6 nitrogen and oxygen atoms in total. The van der Waals surface area contributed by atoms with Crippen molar-refractivity contribution in [2.45, 2.75) is 30.7 Å². The van der Waals surface area contributed by atoms with Gasteiger partial charge in [-0.2, -0.15) is 9.57 Å². The number of hydrogen-bond donors (Lipinski definition) is 1. The molecule has 106 valence electrons. The number of aryl methyl sites for hydroxylation is 1. The Balaban J connectivity index is 2.40. The summed E-state index contributed by atoms with van der Waals surface area (Å²) in [5.74, 6) is -1.18. The summed E-state index contributed by atoms with van der Waals surface area (Å²) in [6, 6.07) is 5.93. The van der Waals surface area contributed by atoms with E-state index < -0.39 is 22.5 Å². The predicted octanol–water partition coefficient (Wildman–Crippen LogP) is 1.10. The summed E-state index contributed by atoms with van der Waals surface area (Å²) < 4.78 is 26.0. The van der Waals surface area contributed by atoms with Crippen LogP contribution < -0.4 is 0 Å². The number of nitriles is 1. The fourth-order valence-electron chi connectivity index (χ4n) is 1.96. The van der Waals surface area contributed by atoms with Gasteiger partial charge in [-0.15, -0.1) is 0 Å². The van der Waals surface area contributed by atoms with Crippen molar-refractivity contribution in [2.75, 3.05) is 6.54 Å². The summed E-state index contributed by atoms with van der Waals surface area (Å²) in [7, 11) is -3.84. The number of hydrogen-bond acceptors (Lipinski definition) is 4. The monoisotopic (exact) mass is 294 g/mol. The maximum Gasteiger partial charge on any atom is 0.318 e. The number of nitrogens with zero attached hydrogens (tertiary/aromatic N) is 2. The Morgan fingerprint density at radius 2 is 2.15 bits per heavy atom. The normalized spacial score (nSPS) is 15.1. The zero-order valence-corrected chi connectivity index (χ0v) is 11.7. The van der Waals surface area contributed by atoms with Crippen LogP contribution in [0.5, 0.6) is 0 Å². The van der Waals surface area contributed by atoms with Gasteiger partial charge in [0.25, 0.3) is 0 Å². The van der Waals surface area contributed by atoms with E-state index in [1.165, 1.54) is 18.2 Å². The molecular formula is C13H14N2O4S. The molecule has 1 saturated carbocycles. The molecule has 0 unspecified atom stereocenters. The second-order valence-corrected chi connectivity index (χ2v) is 6.65. The molecule has 0 radical (unpaired) electrons. The van der Waals surface area contributed by atoms with Gasteiger partial charge in [0.2, 0.25) is 10.0 Å². The number of sulfonamides is 1. The van der Waals surface area contributed by atoms with Crippen LogP contribution in [-0.2, 0) is 14.8 Å². The Labute approximate surface area is 117 Å². The number of carboxylic acids is 1. The lowest BCUT2D eigenvalue weighted by Gasteiger charge is -2.20. The van der Waals surface area contributed by atoms with Gasteiger partial charge in [0.05, 0.1) is 16.5 Å². The zero-order chi connectivity index (χ0) is 14.9. The Hall–Kier alpha value is -1.91. The number of rotatable bonds is 5. The Morgan fingerprint density at radius 3 is 2.60 bits per heavy atom. The lowest BCUT2D eigenvalue weighted by atomic mass is 10.1. The van der Waals surface area contributed by atoms with Crippen molar-refractivity contribution >= 4 is 16.0 Å². The van der Waals surface area contributed by atoms with E-state index in [0.29, 0.717) is 24.0 Å². The molecule has 1 aromatic carbocycles. The van der Waals surface area contributed by atoms with Gasteiger partial charge in [-0.05, 0) is 43.5 Å². The minimum atomic E-state index is -3.84. The lowest BCUT2D eigenvalue weighted by Crippen LogP contribution is -2.37. The molecule has 1 aliphatic rings. The van der Waals surface area contributed by atoms with Crippen molar-refractivity contribution in [2.24, 2.45) is 0 Å². The SMILES string of the molecule is Cc1cc(S(=O)(=O)N(CC(=O)O)C2CC2)ccc1C#N. The molecule has 0 heterocycles. The van der Waals surface area contributed by atoms with Crippen molar-refractivity contribution in [1.82, 2.24) is 4.31 Å². The molecule has 0 spiro atoms. The molecule has 2 rings (SSSR count). The van der Waals surface area contributed by atoms with Crippen LogP contribution in [0.4, 0.5) is 0 Å². The van der Waals surface area contributed by atoms with E-state index in [4.69, 9.17) is 10.4 Å². The molecule has 1 aromatic rings. The van der Waals surface area contributed by atoms with Gasteiger partial charge in [-0.25, -0.2) is 8.42 Å². The molecular weight excluding hydrogens is 280 g/mol. The van der Waals surface area contributed by atoms with Gasteiger partial charge in [0.15, 0.2) is 0 Å². The van der Waals surface area contributed by atoms with Crippen LogP contribution in [0, 0.1) is 18.3 Å². The molecule has 0 saturated heterocycles. The van der Waals surface area contributed by atoms with Gasteiger partial charge in [-0.3, -0.25) is 4.79 Å². The van der Waals surface area contributed by atoms with Crippen LogP contribution in [0.25, 0.3) is 0 Å². The first-order valence-electron chi connectivity index (χ1n) is 6.10. The summed E-state index contributed by atoms with van der Waals surface area (Å²) in [6.45, 7) is 1.11. The Bertz CT molecular complexity index is 687. The molecule has 0 bridgehead atoms. The standard InChI is InChI=1S/C13H14N2O4S/c1-9-6-12(5-2-10(9)7-14)20(18,19)15(8-13(16)17)11-3-4-11/h2,5-6,11H,3-4,8H2,1H3,(H,16,17). The molecule has 0 amide bonds. The van der Waals surface area contributed by atoms with E-state index >= 15 is 0 Å². The smallest absolute Gasteiger partial charge is 0.318 e. The highest BCUT2D eigenvalue weighted by Gasteiger charge is 2.39. The van der Waals surface area contributed by atoms with Crippen molar-refractivity contribution in [3.05, 3.63) is 29.3 Å².